The first-order valence-corrected chi connectivity index (χ1v) is 11.4. The molecule has 32 heavy (non-hydrogen) atoms. The van der Waals surface area contributed by atoms with E-state index < -0.39 is 17.7 Å². The molecule has 1 fully saturated rings. The lowest BCUT2D eigenvalue weighted by Crippen LogP contribution is -2.35. The number of carbonyl (C=O) groups excluding carboxylic acids is 2. The second kappa shape index (κ2) is 9.88. The van der Waals surface area contributed by atoms with Gasteiger partial charge < -0.3 is 19.6 Å². The van der Waals surface area contributed by atoms with Gasteiger partial charge in [0.1, 0.15) is 11.5 Å². The summed E-state index contributed by atoms with van der Waals surface area (Å²) in [7, 11) is 3.82. The summed E-state index contributed by atoms with van der Waals surface area (Å²) >= 11 is 3.46. The van der Waals surface area contributed by atoms with Gasteiger partial charge >= 0.3 is 0 Å². The Kier molecular flexibility index (Phi) is 7.41. The van der Waals surface area contributed by atoms with Crippen LogP contribution in [0.1, 0.15) is 36.6 Å². The van der Waals surface area contributed by atoms with Crippen molar-refractivity contribution in [1.29, 1.82) is 0 Å². The maximum Gasteiger partial charge on any atom is 0.295 e. The molecule has 7 heteroatoms. The lowest BCUT2D eigenvalue weighted by Gasteiger charge is -2.26. The molecular weight excluding hydrogens is 472 g/mol. The summed E-state index contributed by atoms with van der Waals surface area (Å²) in [5.74, 6) is -0.736. The number of aliphatic hydroxyl groups is 1. The Labute approximate surface area is 197 Å². The Bertz CT molecular complexity index is 1040. The molecule has 3 rings (SSSR count). The third-order valence-electron chi connectivity index (χ3n) is 5.33. The average molecular weight is 501 g/mol. The number of nitrogens with zero attached hydrogens (tertiary/aromatic N) is 2. The third-order valence-corrected chi connectivity index (χ3v) is 6.22. The number of hydrogen-bond acceptors (Lipinski definition) is 5. The van der Waals surface area contributed by atoms with Crippen LogP contribution in [0, 0.1) is 6.92 Å². The Morgan fingerprint density at radius 1 is 1.16 bits per heavy atom. The number of rotatable bonds is 7. The van der Waals surface area contributed by atoms with E-state index in [0.29, 0.717) is 24.4 Å². The Morgan fingerprint density at radius 3 is 2.38 bits per heavy atom. The van der Waals surface area contributed by atoms with E-state index >= 15 is 0 Å². The number of hydrogen-bond donors (Lipinski definition) is 1. The molecule has 0 bridgehead atoms. The van der Waals surface area contributed by atoms with Crippen LogP contribution in [-0.4, -0.2) is 59.9 Å². The molecule has 2 aromatic rings. The molecule has 1 unspecified atom stereocenters. The Hall–Kier alpha value is -2.64. The number of likely N-dealkylation sites (tertiary alicyclic amines) is 1. The second-order valence-corrected chi connectivity index (χ2v) is 9.35. The molecule has 1 amide bonds. The maximum atomic E-state index is 13.1. The number of Topliss-reactive ketones (excluding diaryl/α,β-unsaturated/α-hetero) is 1. The summed E-state index contributed by atoms with van der Waals surface area (Å²) in [6.07, 6.45) is 0.0345. The minimum atomic E-state index is -0.674. The molecule has 170 valence electrons. The van der Waals surface area contributed by atoms with Crippen LogP contribution in [0.25, 0.3) is 5.76 Å². The van der Waals surface area contributed by atoms with Crippen molar-refractivity contribution in [2.24, 2.45) is 0 Å². The van der Waals surface area contributed by atoms with Crippen molar-refractivity contribution in [1.82, 2.24) is 9.80 Å². The van der Waals surface area contributed by atoms with E-state index in [2.05, 4.69) is 15.9 Å². The smallest absolute Gasteiger partial charge is 0.295 e. The van der Waals surface area contributed by atoms with Crippen LogP contribution >= 0.6 is 15.9 Å². The number of halogens is 1. The summed E-state index contributed by atoms with van der Waals surface area (Å²) in [4.78, 5) is 29.5. The first-order valence-electron chi connectivity index (χ1n) is 10.6. The molecule has 0 radical (unpaired) electrons. The number of ketones is 1. The van der Waals surface area contributed by atoms with Gasteiger partial charge in [0.05, 0.1) is 17.7 Å². The van der Waals surface area contributed by atoms with Gasteiger partial charge in [-0.2, -0.15) is 0 Å². The monoisotopic (exact) mass is 500 g/mol. The summed E-state index contributed by atoms with van der Waals surface area (Å²) in [6.45, 7) is 6.76. The molecule has 6 nitrogen and oxygen atoms in total. The Balaban J connectivity index is 2.11. The van der Waals surface area contributed by atoms with Crippen molar-refractivity contribution in [3.8, 4) is 5.75 Å². The first-order chi connectivity index (χ1) is 15.1. The zero-order chi connectivity index (χ0) is 23.6. The van der Waals surface area contributed by atoms with Crippen LogP contribution < -0.4 is 4.74 Å². The molecule has 1 N–H and O–H groups in total. The van der Waals surface area contributed by atoms with Crippen LogP contribution in [0.2, 0.25) is 0 Å². The highest BCUT2D eigenvalue weighted by Gasteiger charge is 2.45. The van der Waals surface area contributed by atoms with E-state index in [0.717, 1.165) is 15.6 Å². The molecule has 1 aliphatic rings. The number of ether oxygens (including phenoxy) is 1. The van der Waals surface area contributed by atoms with Crippen molar-refractivity contribution in [3.63, 3.8) is 0 Å². The van der Waals surface area contributed by atoms with Gasteiger partial charge in [-0.15, -0.1) is 0 Å². The number of aryl methyl sites for hydroxylation is 1. The topological polar surface area (TPSA) is 70.1 Å². The molecule has 0 aliphatic carbocycles. The number of benzene rings is 2. The molecule has 0 saturated carbocycles. The van der Waals surface area contributed by atoms with E-state index in [9.17, 15) is 14.7 Å². The minimum absolute atomic E-state index is 0.0345. The van der Waals surface area contributed by atoms with Gasteiger partial charge in [-0.25, -0.2) is 0 Å². The number of amides is 1. The summed E-state index contributed by atoms with van der Waals surface area (Å²) < 4.78 is 6.63. The van der Waals surface area contributed by atoms with Gasteiger partial charge in [-0.1, -0.05) is 34.1 Å². The molecule has 1 heterocycles. The van der Waals surface area contributed by atoms with Gasteiger partial charge in [0, 0.05) is 23.1 Å². The van der Waals surface area contributed by atoms with Gasteiger partial charge in [-0.3, -0.25) is 9.59 Å². The average Bonchev–Trinajstić information content (AvgIpc) is 2.98. The summed E-state index contributed by atoms with van der Waals surface area (Å²) in [5, 5.41) is 11.2. The van der Waals surface area contributed by atoms with Crippen LogP contribution in [0.15, 0.2) is 52.5 Å². The molecule has 2 aromatic carbocycles. The lowest BCUT2D eigenvalue weighted by molar-refractivity contribution is -0.140. The molecule has 1 saturated heterocycles. The second-order valence-electron chi connectivity index (χ2n) is 8.50. The molecule has 0 spiro atoms. The fraction of sp³-hybridized carbons (Fsp3) is 0.360. The molecule has 1 atom stereocenters. The number of likely N-dealkylation sites (N-methyl/N-ethyl adjacent to an activating group) is 1. The Morgan fingerprint density at radius 2 is 1.81 bits per heavy atom. The van der Waals surface area contributed by atoms with Crippen LogP contribution in [-0.2, 0) is 9.59 Å². The predicted octanol–water partition coefficient (Wildman–Crippen LogP) is 4.53. The van der Waals surface area contributed by atoms with Crippen molar-refractivity contribution in [2.45, 2.75) is 32.9 Å². The lowest BCUT2D eigenvalue weighted by atomic mass is 9.95. The maximum absolute atomic E-state index is 13.1. The number of aliphatic hydroxyl groups excluding tert-OH is 1. The quantitative estimate of drug-likeness (QED) is 0.343. The highest BCUT2D eigenvalue weighted by Crippen LogP contribution is 2.40. The van der Waals surface area contributed by atoms with Gasteiger partial charge in [0.2, 0.25) is 0 Å². The molecule has 0 aromatic heterocycles. The van der Waals surface area contributed by atoms with Gasteiger partial charge in [-0.05, 0) is 70.3 Å². The summed E-state index contributed by atoms with van der Waals surface area (Å²) in [5.41, 5.74) is 2.27. The van der Waals surface area contributed by atoms with E-state index in [1.54, 1.807) is 12.1 Å². The van der Waals surface area contributed by atoms with E-state index in [1.165, 1.54) is 4.90 Å². The minimum Gasteiger partial charge on any atom is -0.507 e. The largest absolute Gasteiger partial charge is 0.507 e. The van der Waals surface area contributed by atoms with E-state index in [1.807, 2.05) is 70.1 Å². The van der Waals surface area contributed by atoms with Crippen LogP contribution in [0.4, 0.5) is 0 Å². The highest BCUT2D eigenvalue weighted by molar-refractivity contribution is 9.10. The van der Waals surface area contributed by atoms with Crippen LogP contribution in [0.5, 0.6) is 5.75 Å². The standard InChI is InChI=1S/C25H29BrN2O4/c1-15(2)32-19-9-6-17(7-10-19)22-21(23(29)18-8-11-20(26)16(3)14-18)24(30)25(31)28(22)13-12-27(4)5/h6-11,14-15,22,29H,12-13H2,1-5H3/b23-21-. The predicted molar refractivity (Wildman–Crippen MR) is 129 cm³/mol. The summed E-state index contributed by atoms with van der Waals surface area (Å²) in [6, 6.07) is 12.0. The fourth-order valence-electron chi connectivity index (χ4n) is 3.71. The number of carbonyl (C=O) groups is 2. The highest BCUT2D eigenvalue weighted by atomic mass is 79.9. The third kappa shape index (κ3) is 5.05. The van der Waals surface area contributed by atoms with Gasteiger partial charge in [0.15, 0.2) is 0 Å². The van der Waals surface area contributed by atoms with Crippen LogP contribution in [0.3, 0.4) is 0 Å². The van der Waals surface area contributed by atoms with Crippen molar-refractivity contribution in [3.05, 3.63) is 69.2 Å². The normalized spacial score (nSPS) is 18.1. The van der Waals surface area contributed by atoms with Crippen molar-refractivity contribution < 1.29 is 19.4 Å². The molecular formula is C25H29BrN2O4. The SMILES string of the molecule is Cc1cc(/C(O)=C2/C(=O)C(=O)N(CCN(C)C)C2c2ccc(OC(C)C)cc2)ccc1Br. The first kappa shape index (κ1) is 24.0. The fourth-order valence-corrected chi connectivity index (χ4v) is 3.96. The zero-order valence-corrected chi connectivity index (χ0v) is 20.6. The van der Waals surface area contributed by atoms with Gasteiger partial charge in [0.25, 0.3) is 11.7 Å². The van der Waals surface area contributed by atoms with Crippen molar-refractivity contribution >= 4 is 33.4 Å². The van der Waals surface area contributed by atoms with E-state index in [-0.39, 0.29) is 17.4 Å². The zero-order valence-electron chi connectivity index (χ0n) is 19.1. The molecule has 1 aliphatic heterocycles. The van der Waals surface area contributed by atoms with E-state index in [4.69, 9.17) is 4.74 Å². The van der Waals surface area contributed by atoms with Crippen molar-refractivity contribution in [2.75, 3.05) is 27.2 Å².